The number of carbonyl (C=O) groups excluding carboxylic acids is 2. The van der Waals surface area contributed by atoms with Gasteiger partial charge in [0.25, 0.3) is 0 Å². The number of hydrogen-bond acceptors (Lipinski definition) is 9. The van der Waals surface area contributed by atoms with E-state index in [4.69, 9.17) is 4.74 Å². The van der Waals surface area contributed by atoms with Crippen molar-refractivity contribution in [3.8, 4) is 11.5 Å². The van der Waals surface area contributed by atoms with E-state index in [1.165, 1.54) is 24.3 Å². The lowest BCUT2D eigenvalue weighted by Gasteiger charge is -2.18. The Labute approximate surface area is 184 Å². The summed E-state index contributed by atoms with van der Waals surface area (Å²) < 4.78 is 41.4. The van der Waals surface area contributed by atoms with Gasteiger partial charge in [-0.3, -0.25) is 10.1 Å². The molecule has 2 aromatic rings. The smallest absolute Gasteiger partial charge is 0.338 e. The maximum atomic E-state index is 12.7. The van der Waals surface area contributed by atoms with Crippen molar-refractivity contribution in [3.05, 3.63) is 57.6 Å². The van der Waals surface area contributed by atoms with E-state index in [-0.39, 0.29) is 40.6 Å². The molecule has 0 aliphatic carbocycles. The van der Waals surface area contributed by atoms with Crippen molar-refractivity contribution in [2.24, 2.45) is 0 Å². The molecule has 0 bridgehead atoms. The molecule has 0 fully saturated rings. The molecule has 0 amide bonds. The van der Waals surface area contributed by atoms with E-state index in [1.807, 2.05) is 0 Å². The Morgan fingerprint density at radius 2 is 1.50 bits per heavy atom. The van der Waals surface area contributed by atoms with E-state index in [2.05, 4.69) is 9.47 Å². The number of nitro benzene ring substituents is 1. The molecular weight excluding hydrogens is 444 g/mol. The molecule has 0 aliphatic heterocycles. The molecule has 0 unspecified atom stereocenters. The third kappa shape index (κ3) is 5.21. The molecule has 0 aliphatic rings. The van der Waals surface area contributed by atoms with Crippen molar-refractivity contribution < 1.29 is 37.1 Å². The van der Waals surface area contributed by atoms with Gasteiger partial charge in [-0.1, -0.05) is 13.8 Å². The lowest BCUT2D eigenvalue weighted by molar-refractivity contribution is -0.385. The highest BCUT2D eigenvalue weighted by Gasteiger charge is 2.27. The predicted molar refractivity (Wildman–Crippen MR) is 112 cm³/mol. The molecule has 0 aromatic heterocycles. The molecule has 0 saturated carbocycles. The SMILES string of the molecule is CCN(CC)S(=O)(=O)c1ccc(Oc2cc(C(=O)OC)cc(C(=O)OC)c2)c([N+](=O)[O-])c1. The lowest BCUT2D eigenvalue weighted by Crippen LogP contribution is -2.30. The molecule has 12 heteroatoms. The summed E-state index contributed by atoms with van der Waals surface area (Å²) in [7, 11) is -1.65. The molecule has 0 radical (unpaired) electrons. The van der Waals surface area contributed by atoms with E-state index in [0.29, 0.717) is 0 Å². The van der Waals surface area contributed by atoms with Crippen LogP contribution < -0.4 is 4.74 Å². The highest BCUT2D eigenvalue weighted by Crippen LogP contribution is 2.35. The van der Waals surface area contributed by atoms with Gasteiger partial charge in [0.05, 0.1) is 35.2 Å². The summed E-state index contributed by atoms with van der Waals surface area (Å²) in [6.45, 7) is 3.70. The van der Waals surface area contributed by atoms with Gasteiger partial charge in [0.15, 0.2) is 0 Å². The summed E-state index contributed by atoms with van der Waals surface area (Å²) in [5.74, 6) is -1.91. The molecule has 2 rings (SSSR count). The number of nitrogens with zero attached hydrogens (tertiary/aromatic N) is 2. The van der Waals surface area contributed by atoms with Crippen molar-refractivity contribution in [2.75, 3.05) is 27.3 Å². The molecule has 11 nitrogen and oxygen atoms in total. The van der Waals surface area contributed by atoms with Crippen molar-refractivity contribution in [1.82, 2.24) is 4.31 Å². The Balaban J connectivity index is 2.56. The van der Waals surface area contributed by atoms with Crippen molar-refractivity contribution >= 4 is 27.6 Å². The van der Waals surface area contributed by atoms with Gasteiger partial charge >= 0.3 is 17.6 Å². The second-order valence-electron chi connectivity index (χ2n) is 6.31. The predicted octanol–water partition coefficient (Wildman–Crippen LogP) is 2.99. The van der Waals surface area contributed by atoms with Crippen LogP contribution in [0.4, 0.5) is 5.69 Å². The highest BCUT2D eigenvalue weighted by molar-refractivity contribution is 7.89. The zero-order valence-electron chi connectivity index (χ0n) is 17.9. The van der Waals surface area contributed by atoms with Crippen LogP contribution in [-0.2, 0) is 19.5 Å². The number of sulfonamides is 1. The molecule has 32 heavy (non-hydrogen) atoms. The van der Waals surface area contributed by atoms with E-state index >= 15 is 0 Å². The standard InChI is InChI=1S/C20H22N2O9S/c1-5-21(6-2)32(27,28)16-7-8-18(17(12-16)22(25)26)31-15-10-13(19(23)29-3)9-14(11-15)20(24)30-4/h7-12H,5-6H2,1-4H3. The molecule has 0 saturated heterocycles. The van der Waals surface area contributed by atoms with Crippen LogP contribution in [0, 0.1) is 10.1 Å². The second kappa shape index (κ2) is 10.2. The van der Waals surface area contributed by atoms with Crippen molar-refractivity contribution in [2.45, 2.75) is 18.7 Å². The summed E-state index contributed by atoms with van der Waals surface area (Å²) in [6, 6.07) is 6.89. The Kier molecular flexibility index (Phi) is 7.89. The van der Waals surface area contributed by atoms with E-state index in [0.717, 1.165) is 30.7 Å². The molecule has 0 N–H and O–H groups in total. The van der Waals surface area contributed by atoms with Crippen LogP contribution in [0.1, 0.15) is 34.6 Å². The summed E-state index contributed by atoms with van der Waals surface area (Å²) >= 11 is 0. The van der Waals surface area contributed by atoms with Crippen LogP contribution in [-0.4, -0.2) is 56.9 Å². The average Bonchev–Trinajstić information content (AvgIpc) is 2.78. The zero-order chi connectivity index (χ0) is 24.1. The van der Waals surface area contributed by atoms with E-state index in [9.17, 15) is 28.1 Å². The van der Waals surface area contributed by atoms with Gasteiger partial charge < -0.3 is 14.2 Å². The van der Waals surface area contributed by atoms with E-state index in [1.54, 1.807) is 13.8 Å². The first-order chi connectivity index (χ1) is 15.1. The van der Waals surface area contributed by atoms with Gasteiger partial charge in [-0.15, -0.1) is 0 Å². The Morgan fingerprint density at radius 1 is 0.969 bits per heavy atom. The number of carbonyl (C=O) groups is 2. The normalized spacial score (nSPS) is 11.2. The quantitative estimate of drug-likeness (QED) is 0.309. The summed E-state index contributed by atoms with van der Waals surface area (Å²) in [6.07, 6.45) is 0. The number of ether oxygens (including phenoxy) is 3. The van der Waals surface area contributed by atoms with Crippen LogP contribution in [0.2, 0.25) is 0 Å². The fourth-order valence-electron chi connectivity index (χ4n) is 2.86. The van der Waals surface area contributed by atoms with Gasteiger partial charge in [0.2, 0.25) is 15.8 Å². The van der Waals surface area contributed by atoms with Crippen LogP contribution in [0.5, 0.6) is 11.5 Å². The van der Waals surface area contributed by atoms with Crippen LogP contribution in [0.25, 0.3) is 0 Å². The number of methoxy groups -OCH3 is 2. The minimum absolute atomic E-state index is 0.0474. The first-order valence-electron chi connectivity index (χ1n) is 9.37. The highest BCUT2D eigenvalue weighted by atomic mass is 32.2. The van der Waals surface area contributed by atoms with Gasteiger partial charge in [0, 0.05) is 19.2 Å². The number of hydrogen-bond donors (Lipinski definition) is 0. The molecule has 0 atom stereocenters. The van der Waals surface area contributed by atoms with Gasteiger partial charge in [-0.25, -0.2) is 18.0 Å². The fourth-order valence-corrected chi connectivity index (χ4v) is 4.33. The van der Waals surface area contributed by atoms with Crippen LogP contribution >= 0.6 is 0 Å². The van der Waals surface area contributed by atoms with Gasteiger partial charge in [-0.2, -0.15) is 4.31 Å². The molecule has 0 spiro atoms. The number of nitro groups is 1. The fraction of sp³-hybridized carbons (Fsp3) is 0.300. The third-order valence-corrected chi connectivity index (χ3v) is 6.49. The minimum Gasteiger partial charge on any atom is -0.465 e. The van der Waals surface area contributed by atoms with Crippen LogP contribution in [0.3, 0.4) is 0 Å². The number of esters is 2. The van der Waals surface area contributed by atoms with Crippen molar-refractivity contribution in [1.29, 1.82) is 0 Å². The molecule has 0 heterocycles. The largest absolute Gasteiger partial charge is 0.465 e. The van der Waals surface area contributed by atoms with Crippen molar-refractivity contribution in [3.63, 3.8) is 0 Å². The topological polar surface area (TPSA) is 142 Å². The monoisotopic (exact) mass is 466 g/mol. The maximum Gasteiger partial charge on any atom is 0.338 e. The maximum absolute atomic E-state index is 12.7. The molecule has 2 aromatic carbocycles. The van der Waals surface area contributed by atoms with Crippen LogP contribution in [0.15, 0.2) is 41.3 Å². The average molecular weight is 466 g/mol. The lowest BCUT2D eigenvalue weighted by atomic mass is 10.1. The van der Waals surface area contributed by atoms with E-state index < -0.39 is 32.6 Å². The molecular formula is C20H22N2O9S. The summed E-state index contributed by atoms with van der Waals surface area (Å²) in [5.41, 5.74) is -0.705. The first-order valence-corrected chi connectivity index (χ1v) is 10.8. The molecule has 172 valence electrons. The number of rotatable bonds is 9. The zero-order valence-corrected chi connectivity index (χ0v) is 18.7. The Morgan fingerprint density at radius 3 is 1.94 bits per heavy atom. The summed E-state index contributed by atoms with van der Waals surface area (Å²) in [5, 5.41) is 11.6. The Bertz CT molecular complexity index is 1110. The summed E-state index contributed by atoms with van der Waals surface area (Å²) in [4.78, 5) is 34.4. The number of benzene rings is 2. The Hall–Kier alpha value is -3.51. The first kappa shape index (κ1) is 24.8. The van der Waals surface area contributed by atoms with Gasteiger partial charge in [0.1, 0.15) is 5.75 Å². The minimum atomic E-state index is -3.94. The third-order valence-electron chi connectivity index (χ3n) is 4.45. The second-order valence-corrected chi connectivity index (χ2v) is 8.25. The van der Waals surface area contributed by atoms with Gasteiger partial charge in [-0.05, 0) is 30.3 Å².